The SMILES string of the molecule is CCCC(C)NC(=O)CS(=O)(=O)CCN. The summed E-state index contributed by atoms with van der Waals surface area (Å²) in [5.74, 6) is -1.04. The van der Waals surface area contributed by atoms with Crippen LogP contribution in [0, 0.1) is 0 Å². The zero-order chi connectivity index (χ0) is 11.9. The highest BCUT2D eigenvalue weighted by Crippen LogP contribution is 1.96. The number of hydrogen-bond acceptors (Lipinski definition) is 4. The van der Waals surface area contributed by atoms with Crippen molar-refractivity contribution < 1.29 is 13.2 Å². The molecule has 15 heavy (non-hydrogen) atoms. The molecule has 1 unspecified atom stereocenters. The molecule has 0 rings (SSSR count). The number of carbonyl (C=O) groups excluding carboxylic acids is 1. The van der Waals surface area contributed by atoms with Gasteiger partial charge in [0.2, 0.25) is 5.91 Å². The minimum absolute atomic E-state index is 0.0237. The first-order chi connectivity index (χ1) is 6.91. The van der Waals surface area contributed by atoms with E-state index in [1.807, 2.05) is 13.8 Å². The molecule has 0 bridgehead atoms. The predicted molar refractivity (Wildman–Crippen MR) is 60.2 cm³/mol. The molecule has 0 radical (unpaired) electrons. The molecule has 0 spiro atoms. The second-order valence-corrected chi connectivity index (χ2v) is 5.82. The van der Waals surface area contributed by atoms with Crippen molar-refractivity contribution in [1.82, 2.24) is 5.32 Å². The first kappa shape index (κ1) is 14.4. The van der Waals surface area contributed by atoms with Crippen LogP contribution in [0.25, 0.3) is 0 Å². The number of hydrogen-bond donors (Lipinski definition) is 2. The van der Waals surface area contributed by atoms with E-state index in [9.17, 15) is 13.2 Å². The van der Waals surface area contributed by atoms with Crippen LogP contribution in [0.3, 0.4) is 0 Å². The van der Waals surface area contributed by atoms with E-state index in [0.717, 1.165) is 12.8 Å². The second kappa shape index (κ2) is 6.79. The fraction of sp³-hybridized carbons (Fsp3) is 0.889. The number of nitrogens with two attached hydrogens (primary N) is 1. The first-order valence-corrected chi connectivity index (χ1v) is 6.93. The lowest BCUT2D eigenvalue weighted by molar-refractivity contribution is -0.119. The van der Waals surface area contributed by atoms with Crippen molar-refractivity contribution in [2.45, 2.75) is 32.7 Å². The van der Waals surface area contributed by atoms with Gasteiger partial charge in [-0.2, -0.15) is 0 Å². The number of carbonyl (C=O) groups is 1. The van der Waals surface area contributed by atoms with Crippen LogP contribution in [-0.2, 0) is 14.6 Å². The Hall–Kier alpha value is -0.620. The lowest BCUT2D eigenvalue weighted by atomic mass is 10.2. The van der Waals surface area contributed by atoms with Gasteiger partial charge < -0.3 is 11.1 Å². The predicted octanol–water partition coefficient (Wildman–Crippen LogP) is -0.335. The lowest BCUT2D eigenvalue weighted by Crippen LogP contribution is -2.37. The molecule has 0 aromatic rings. The average molecular weight is 236 g/mol. The molecule has 3 N–H and O–H groups in total. The number of amides is 1. The summed E-state index contributed by atoms with van der Waals surface area (Å²) in [6.45, 7) is 3.92. The van der Waals surface area contributed by atoms with E-state index < -0.39 is 21.5 Å². The Morgan fingerprint density at radius 3 is 2.53 bits per heavy atom. The molecule has 1 atom stereocenters. The van der Waals surface area contributed by atoms with E-state index in [1.54, 1.807) is 0 Å². The first-order valence-electron chi connectivity index (χ1n) is 5.11. The summed E-state index contributed by atoms with van der Waals surface area (Å²) in [5, 5.41) is 2.64. The van der Waals surface area contributed by atoms with Gasteiger partial charge in [-0.15, -0.1) is 0 Å². The lowest BCUT2D eigenvalue weighted by Gasteiger charge is -2.12. The van der Waals surface area contributed by atoms with Gasteiger partial charge in [0.15, 0.2) is 9.84 Å². The Balaban J connectivity index is 4.03. The second-order valence-electron chi connectivity index (χ2n) is 3.64. The van der Waals surface area contributed by atoms with Crippen LogP contribution in [0.15, 0.2) is 0 Å². The van der Waals surface area contributed by atoms with Crippen LogP contribution in [0.2, 0.25) is 0 Å². The molecule has 0 aliphatic heterocycles. The van der Waals surface area contributed by atoms with Gasteiger partial charge in [0.25, 0.3) is 0 Å². The monoisotopic (exact) mass is 236 g/mol. The molecule has 0 heterocycles. The van der Waals surface area contributed by atoms with Gasteiger partial charge in [0.05, 0.1) is 5.75 Å². The van der Waals surface area contributed by atoms with Crippen LogP contribution in [-0.4, -0.2) is 38.4 Å². The summed E-state index contributed by atoms with van der Waals surface area (Å²) in [6, 6.07) is 0.0237. The molecule has 90 valence electrons. The summed E-state index contributed by atoms with van der Waals surface area (Å²) in [4.78, 5) is 11.3. The van der Waals surface area contributed by atoms with E-state index in [0.29, 0.717) is 0 Å². The van der Waals surface area contributed by atoms with Crippen molar-refractivity contribution >= 4 is 15.7 Å². The zero-order valence-corrected chi connectivity index (χ0v) is 10.1. The fourth-order valence-corrected chi connectivity index (χ4v) is 2.26. The zero-order valence-electron chi connectivity index (χ0n) is 9.32. The van der Waals surface area contributed by atoms with Crippen LogP contribution < -0.4 is 11.1 Å². The van der Waals surface area contributed by atoms with Crippen molar-refractivity contribution in [3.8, 4) is 0 Å². The summed E-state index contributed by atoms with van der Waals surface area (Å²) < 4.78 is 22.5. The van der Waals surface area contributed by atoms with Crippen molar-refractivity contribution in [2.24, 2.45) is 5.73 Å². The molecule has 1 amide bonds. The fourth-order valence-electron chi connectivity index (χ4n) is 1.27. The Labute approximate surface area is 91.3 Å². The minimum Gasteiger partial charge on any atom is -0.353 e. The van der Waals surface area contributed by atoms with Gasteiger partial charge >= 0.3 is 0 Å². The van der Waals surface area contributed by atoms with Crippen LogP contribution >= 0.6 is 0 Å². The maximum atomic E-state index is 11.3. The Morgan fingerprint density at radius 2 is 2.07 bits per heavy atom. The van der Waals surface area contributed by atoms with E-state index >= 15 is 0 Å². The van der Waals surface area contributed by atoms with Gasteiger partial charge in [-0.05, 0) is 13.3 Å². The van der Waals surface area contributed by atoms with Gasteiger partial charge in [0, 0.05) is 12.6 Å². The molecule has 0 aromatic heterocycles. The van der Waals surface area contributed by atoms with Crippen molar-refractivity contribution in [2.75, 3.05) is 18.1 Å². The molecular formula is C9H20N2O3S. The van der Waals surface area contributed by atoms with Crippen LogP contribution in [0.4, 0.5) is 0 Å². The van der Waals surface area contributed by atoms with Crippen molar-refractivity contribution in [3.05, 3.63) is 0 Å². The topological polar surface area (TPSA) is 89.3 Å². The molecule has 0 aromatic carbocycles. The van der Waals surface area contributed by atoms with Crippen LogP contribution in [0.1, 0.15) is 26.7 Å². The smallest absolute Gasteiger partial charge is 0.235 e. The standard InChI is InChI=1S/C9H20N2O3S/c1-3-4-8(2)11-9(12)7-15(13,14)6-5-10/h8H,3-7,10H2,1-2H3,(H,11,12). The largest absolute Gasteiger partial charge is 0.353 e. The highest BCUT2D eigenvalue weighted by molar-refractivity contribution is 7.92. The maximum absolute atomic E-state index is 11.3. The van der Waals surface area contributed by atoms with E-state index in [4.69, 9.17) is 5.73 Å². The summed E-state index contributed by atoms with van der Waals surface area (Å²) in [5.41, 5.74) is 5.13. The molecule has 6 heteroatoms. The maximum Gasteiger partial charge on any atom is 0.235 e. The molecule has 0 aliphatic rings. The average Bonchev–Trinajstić information content (AvgIpc) is 2.01. The van der Waals surface area contributed by atoms with E-state index in [2.05, 4.69) is 5.32 Å². The summed E-state index contributed by atoms with van der Waals surface area (Å²) in [6.07, 6.45) is 1.81. The van der Waals surface area contributed by atoms with Crippen molar-refractivity contribution in [3.63, 3.8) is 0 Å². The Bertz CT molecular complexity index is 288. The molecule has 0 saturated carbocycles. The molecule has 0 saturated heterocycles. The molecule has 0 fully saturated rings. The minimum atomic E-state index is -3.33. The Kier molecular flexibility index (Phi) is 6.51. The third-order valence-corrected chi connectivity index (χ3v) is 3.47. The quantitative estimate of drug-likeness (QED) is 0.633. The number of rotatable bonds is 7. The number of nitrogens with one attached hydrogen (secondary N) is 1. The molecule has 0 aliphatic carbocycles. The van der Waals surface area contributed by atoms with E-state index in [1.165, 1.54) is 0 Å². The van der Waals surface area contributed by atoms with Gasteiger partial charge in [-0.1, -0.05) is 13.3 Å². The third kappa shape index (κ3) is 7.33. The normalized spacial score (nSPS) is 13.5. The highest BCUT2D eigenvalue weighted by atomic mass is 32.2. The van der Waals surface area contributed by atoms with Crippen molar-refractivity contribution in [1.29, 1.82) is 0 Å². The number of sulfone groups is 1. The highest BCUT2D eigenvalue weighted by Gasteiger charge is 2.16. The van der Waals surface area contributed by atoms with Gasteiger partial charge in [-0.3, -0.25) is 4.79 Å². The van der Waals surface area contributed by atoms with E-state index in [-0.39, 0.29) is 18.3 Å². The Morgan fingerprint density at radius 1 is 1.47 bits per heavy atom. The molecule has 5 nitrogen and oxygen atoms in total. The van der Waals surface area contributed by atoms with Gasteiger partial charge in [-0.25, -0.2) is 8.42 Å². The van der Waals surface area contributed by atoms with Crippen LogP contribution in [0.5, 0.6) is 0 Å². The summed E-state index contributed by atoms with van der Waals surface area (Å²) >= 11 is 0. The molecular weight excluding hydrogens is 216 g/mol. The van der Waals surface area contributed by atoms with Gasteiger partial charge in [0.1, 0.15) is 5.75 Å². The summed E-state index contributed by atoms with van der Waals surface area (Å²) in [7, 11) is -3.33. The third-order valence-electron chi connectivity index (χ3n) is 1.91.